The first-order valence-corrected chi connectivity index (χ1v) is 6.39. The molecule has 1 aliphatic heterocycles. The number of carbonyl (C=O) groups excluding carboxylic acids is 1. The van der Waals surface area contributed by atoms with E-state index in [4.69, 9.17) is 0 Å². The summed E-state index contributed by atoms with van der Waals surface area (Å²) in [6.45, 7) is -0.0354. The highest BCUT2D eigenvalue weighted by molar-refractivity contribution is 6.08. The summed E-state index contributed by atoms with van der Waals surface area (Å²) in [6, 6.07) is 4.98. The van der Waals surface area contributed by atoms with Gasteiger partial charge in [0.2, 0.25) is 0 Å². The molecule has 0 unspecified atom stereocenters. The van der Waals surface area contributed by atoms with Crippen molar-refractivity contribution in [2.24, 2.45) is 12.0 Å². The molecule has 7 nitrogen and oxygen atoms in total. The molecule has 1 aromatic carbocycles. The van der Waals surface area contributed by atoms with Crippen molar-refractivity contribution in [1.29, 1.82) is 0 Å². The smallest absolute Gasteiger partial charge is 0.292 e. The summed E-state index contributed by atoms with van der Waals surface area (Å²) in [5.41, 5.74) is -0.815. The molecule has 1 aromatic heterocycles. The van der Waals surface area contributed by atoms with Gasteiger partial charge in [0.25, 0.3) is 11.5 Å². The summed E-state index contributed by atoms with van der Waals surface area (Å²) in [7, 11) is 1.33. The third-order valence-electron chi connectivity index (χ3n) is 3.37. The number of H-pyrrole nitrogens is 1. The molecule has 0 spiro atoms. The predicted octanol–water partition coefficient (Wildman–Crippen LogP) is 0.249. The quantitative estimate of drug-likeness (QED) is 0.819. The highest BCUT2D eigenvalue weighted by Gasteiger charge is 2.25. The summed E-state index contributed by atoms with van der Waals surface area (Å²) in [6.07, 6.45) is 1.32. The molecule has 0 radical (unpaired) electrons. The van der Waals surface area contributed by atoms with Crippen LogP contribution in [0.25, 0.3) is 0 Å². The number of hydrogen-bond acceptors (Lipinski definition) is 4. The summed E-state index contributed by atoms with van der Waals surface area (Å²) in [5.74, 6) is -0.852. The summed E-state index contributed by atoms with van der Waals surface area (Å²) in [5, 5.41) is 0. The van der Waals surface area contributed by atoms with E-state index in [1.807, 2.05) is 0 Å². The molecule has 0 saturated carbocycles. The molecule has 3 rings (SSSR count). The number of hydrogen-bond donors (Lipinski definition) is 1. The molecule has 0 aliphatic carbocycles. The highest BCUT2D eigenvalue weighted by Crippen LogP contribution is 2.18. The largest absolute Gasteiger partial charge is 0.329 e. The Morgan fingerprint density at radius 2 is 1.95 bits per heavy atom. The molecule has 0 fully saturated rings. The monoisotopic (exact) mass is 302 g/mol. The zero-order valence-electron chi connectivity index (χ0n) is 11.5. The van der Waals surface area contributed by atoms with Crippen molar-refractivity contribution in [1.82, 2.24) is 9.55 Å². The van der Waals surface area contributed by atoms with Gasteiger partial charge in [-0.05, 0) is 24.3 Å². The van der Waals surface area contributed by atoms with E-state index in [2.05, 4.69) is 9.98 Å². The fraction of sp³-hybridized carbons (Fsp3) is 0.143. The first kappa shape index (κ1) is 13.9. The number of carbonyl (C=O) groups is 1. The van der Waals surface area contributed by atoms with Gasteiger partial charge in [-0.15, -0.1) is 0 Å². The minimum Gasteiger partial charge on any atom is -0.292 e. The van der Waals surface area contributed by atoms with Crippen molar-refractivity contribution >= 4 is 17.9 Å². The Labute approximate surface area is 123 Å². The number of aliphatic imine (C=N–C) groups is 1. The highest BCUT2D eigenvalue weighted by atomic mass is 19.1. The Balaban J connectivity index is 2.11. The zero-order chi connectivity index (χ0) is 15.9. The molecule has 22 heavy (non-hydrogen) atoms. The second-order valence-corrected chi connectivity index (χ2v) is 4.75. The van der Waals surface area contributed by atoms with Crippen LogP contribution in [-0.2, 0) is 7.05 Å². The Morgan fingerprint density at radius 3 is 2.64 bits per heavy atom. The molecule has 0 saturated heterocycles. The average molecular weight is 302 g/mol. The molecule has 8 heteroatoms. The Hall–Kier alpha value is -3.03. The average Bonchev–Trinajstić information content (AvgIpc) is 2.52. The third kappa shape index (κ3) is 2.14. The Kier molecular flexibility index (Phi) is 3.21. The second kappa shape index (κ2) is 5.06. The van der Waals surface area contributed by atoms with Crippen LogP contribution in [-0.4, -0.2) is 28.3 Å². The van der Waals surface area contributed by atoms with Gasteiger partial charge in [0.05, 0.1) is 5.56 Å². The van der Waals surface area contributed by atoms with E-state index in [-0.39, 0.29) is 23.6 Å². The van der Waals surface area contributed by atoms with Crippen LogP contribution in [0, 0.1) is 5.82 Å². The first-order chi connectivity index (χ1) is 10.5. The van der Waals surface area contributed by atoms with Crippen LogP contribution < -0.4 is 16.1 Å². The van der Waals surface area contributed by atoms with Crippen LogP contribution in [0.15, 0.2) is 38.8 Å². The van der Waals surface area contributed by atoms with Gasteiger partial charge in [-0.1, -0.05) is 0 Å². The fourth-order valence-corrected chi connectivity index (χ4v) is 2.15. The lowest BCUT2D eigenvalue weighted by atomic mass is 10.2. The zero-order valence-corrected chi connectivity index (χ0v) is 11.5. The number of rotatable bonds is 1. The number of nitrogens with zero attached hydrogens (tertiary/aromatic N) is 3. The van der Waals surface area contributed by atoms with Gasteiger partial charge in [-0.3, -0.25) is 29.0 Å². The van der Waals surface area contributed by atoms with Crippen LogP contribution in [0.1, 0.15) is 15.9 Å². The molecular weight excluding hydrogens is 291 g/mol. The van der Waals surface area contributed by atoms with Crippen molar-refractivity contribution in [3.05, 3.63) is 62.0 Å². The third-order valence-corrected chi connectivity index (χ3v) is 3.37. The molecule has 1 aliphatic rings. The maximum absolute atomic E-state index is 12.9. The maximum atomic E-state index is 12.9. The van der Waals surface area contributed by atoms with E-state index >= 15 is 0 Å². The van der Waals surface area contributed by atoms with Crippen molar-refractivity contribution < 1.29 is 9.18 Å². The van der Waals surface area contributed by atoms with E-state index in [9.17, 15) is 18.8 Å². The summed E-state index contributed by atoms with van der Waals surface area (Å²) < 4.78 is 13.8. The number of benzene rings is 1. The van der Waals surface area contributed by atoms with Crippen LogP contribution in [0.2, 0.25) is 0 Å². The lowest BCUT2D eigenvalue weighted by Crippen LogP contribution is -2.43. The normalized spacial score (nSPS) is 13.1. The summed E-state index contributed by atoms with van der Waals surface area (Å²) >= 11 is 0. The van der Waals surface area contributed by atoms with Crippen LogP contribution in [0.5, 0.6) is 0 Å². The van der Waals surface area contributed by atoms with E-state index in [1.54, 1.807) is 0 Å². The SMILES string of the molecule is Cn1c(=O)[nH]c2c(c1=O)C=NCN2C(=O)c1ccc(F)cc1. The van der Waals surface area contributed by atoms with Crippen LogP contribution in [0.4, 0.5) is 10.2 Å². The number of fused-ring (bicyclic) bond motifs is 1. The first-order valence-electron chi connectivity index (χ1n) is 6.39. The van der Waals surface area contributed by atoms with E-state index < -0.39 is 23.0 Å². The fourth-order valence-electron chi connectivity index (χ4n) is 2.15. The molecule has 2 aromatic rings. The van der Waals surface area contributed by atoms with Gasteiger partial charge in [0, 0.05) is 18.8 Å². The van der Waals surface area contributed by atoms with Crippen LogP contribution in [0.3, 0.4) is 0 Å². The number of amides is 1. The number of nitrogens with one attached hydrogen (secondary N) is 1. The van der Waals surface area contributed by atoms with Crippen molar-refractivity contribution in [3.63, 3.8) is 0 Å². The number of aromatic amines is 1. The molecular formula is C14H11FN4O3. The van der Waals surface area contributed by atoms with E-state index in [0.29, 0.717) is 0 Å². The van der Waals surface area contributed by atoms with Gasteiger partial charge in [0.15, 0.2) is 0 Å². The number of anilines is 1. The maximum Gasteiger partial charge on any atom is 0.329 e. The lowest BCUT2D eigenvalue weighted by Gasteiger charge is -2.24. The topological polar surface area (TPSA) is 87.5 Å². The Bertz CT molecular complexity index is 896. The lowest BCUT2D eigenvalue weighted by molar-refractivity contribution is 0.0986. The molecule has 112 valence electrons. The van der Waals surface area contributed by atoms with E-state index in [1.165, 1.54) is 30.3 Å². The minimum atomic E-state index is -0.629. The second-order valence-electron chi connectivity index (χ2n) is 4.75. The standard InChI is InChI=1S/C14H11FN4O3/c1-18-13(21)10-6-16-7-19(11(10)17-14(18)22)12(20)8-2-4-9(15)5-3-8/h2-6H,7H2,1H3,(H,17,22). The van der Waals surface area contributed by atoms with Gasteiger partial charge in [0.1, 0.15) is 18.3 Å². The number of aromatic nitrogens is 2. The molecule has 2 heterocycles. The molecule has 0 bridgehead atoms. The molecule has 0 atom stereocenters. The Morgan fingerprint density at radius 1 is 1.27 bits per heavy atom. The molecule has 1 amide bonds. The van der Waals surface area contributed by atoms with E-state index in [0.717, 1.165) is 16.7 Å². The van der Waals surface area contributed by atoms with Gasteiger partial charge in [-0.2, -0.15) is 0 Å². The predicted molar refractivity (Wildman–Crippen MR) is 78.0 cm³/mol. The summed E-state index contributed by atoms with van der Waals surface area (Å²) in [4.78, 5) is 43.9. The van der Waals surface area contributed by atoms with Crippen molar-refractivity contribution in [2.75, 3.05) is 11.6 Å². The van der Waals surface area contributed by atoms with Crippen molar-refractivity contribution in [3.8, 4) is 0 Å². The van der Waals surface area contributed by atoms with Gasteiger partial charge >= 0.3 is 5.69 Å². The van der Waals surface area contributed by atoms with Crippen LogP contribution >= 0.6 is 0 Å². The van der Waals surface area contributed by atoms with Crippen molar-refractivity contribution in [2.45, 2.75) is 0 Å². The van der Waals surface area contributed by atoms with Gasteiger partial charge < -0.3 is 0 Å². The molecule has 1 N–H and O–H groups in total. The minimum absolute atomic E-state index is 0.0354. The van der Waals surface area contributed by atoms with Gasteiger partial charge in [-0.25, -0.2) is 9.18 Å². The number of halogens is 1.